The standard InChI is InChI=1S/C55H43N/c1-53(2)44-22-11-9-20-42(44)52-48(53)26-15-27-51(52)56(34-28-30-40-36-16-5-10-21-43(36)54(3,4)49(40)32-34)35-29-31-41-39-19-8-14-25-47(39)55(50(41)33-35)45-23-12-6-17-37(45)38-18-7-13-24-46(38)55/h5-33,39,47H,1-4H3. The monoisotopic (exact) mass is 717 g/mol. The molecule has 2 unspecified atom stereocenters. The fourth-order valence-electron chi connectivity index (χ4n) is 11.9. The van der Waals surface area contributed by atoms with Crippen LogP contribution in [0.2, 0.25) is 0 Å². The van der Waals surface area contributed by atoms with Gasteiger partial charge in [0.05, 0.1) is 11.1 Å². The molecule has 2 atom stereocenters. The molecule has 1 nitrogen and oxygen atoms in total. The van der Waals surface area contributed by atoms with Gasteiger partial charge in [-0.05, 0) is 103 Å². The van der Waals surface area contributed by atoms with Gasteiger partial charge < -0.3 is 4.90 Å². The van der Waals surface area contributed by atoms with Gasteiger partial charge in [-0.25, -0.2) is 0 Å². The number of hydrogen-bond donors (Lipinski definition) is 0. The number of fused-ring (bicyclic) bond motifs is 16. The minimum atomic E-state index is -0.301. The Morgan fingerprint density at radius 3 is 1.61 bits per heavy atom. The summed E-state index contributed by atoms with van der Waals surface area (Å²) in [5.74, 6) is 0.577. The topological polar surface area (TPSA) is 3.24 Å². The van der Waals surface area contributed by atoms with Crippen molar-refractivity contribution in [1.29, 1.82) is 0 Å². The molecule has 0 N–H and O–H groups in total. The predicted octanol–water partition coefficient (Wildman–Crippen LogP) is 13.9. The summed E-state index contributed by atoms with van der Waals surface area (Å²) >= 11 is 0. The maximum Gasteiger partial charge on any atom is 0.0543 e. The van der Waals surface area contributed by atoms with Crippen LogP contribution < -0.4 is 4.90 Å². The zero-order valence-electron chi connectivity index (χ0n) is 32.3. The molecule has 7 aromatic carbocycles. The molecule has 56 heavy (non-hydrogen) atoms. The highest BCUT2D eigenvalue weighted by Gasteiger charge is 2.57. The highest BCUT2D eigenvalue weighted by atomic mass is 15.1. The third-order valence-corrected chi connectivity index (χ3v) is 14.4. The molecule has 0 fully saturated rings. The van der Waals surface area contributed by atoms with E-state index in [9.17, 15) is 0 Å². The average molecular weight is 718 g/mol. The van der Waals surface area contributed by atoms with E-state index in [1.807, 2.05) is 0 Å². The fourth-order valence-corrected chi connectivity index (χ4v) is 11.9. The number of benzene rings is 7. The van der Waals surface area contributed by atoms with E-state index in [0.717, 1.165) is 0 Å². The van der Waals surface area contributed by atoms with Crippen LogP contribution in [0, 0.1) is 5.92 Å². The van der Waals surface area contributed by atoms with Gasteiger partial charge in [-0.15, -0.1) is 0 Å². The summed E-state index contributed by atoms with van der Waals surface area (Å²) in [5, 5.41) is 0. The van der Waals surface area contributed by atoms with Gasteiger partial charge >= 0.3 is 0 Å². The molecule has 5 aliphatic rings. The summed E-state index contributed by atoms with van der Waals surface area (Å²) in [6.07, 6.45) is 9.48. The van der Waals surface area contributed by atoms with Crippen LogP contribution >= 0.6 is 0 Å². The minimum absolute atomic E-state index is 0.108. The number of hydrogen-bond acceptors (Lipinski definition) is 1. The normalized spacial score (nSPS) is 19.7. The SMILES string of the molecule is CC1(C)c2ccccc2-c2ccc(N(c3ccc4c(c3)C3(c5ccccc5-c5ccccc53)C3C=CC=CC43)c3cccc4c3-c3ccccc3C4(C)C)cc21. The van der Waals surface area contributed by atoms with Crippen molar-refractivity contribution in [1.82, 2.24) is 0 Å². The lowest BCUT2D eigenvalue weighted by Gasteiger charge is -2.36. The summed E-state index contributed by atoms with van der Waals surface area (Å²) < 4.78 is 0. The van der Waals surface area contributed by atoms with Gasteiger partial charge in [0.15, 0.2) is 0 Å². The lowest BCUT2D eigenvalue weighted by molar-refractivity contribution is 0.465. The Morgan fingerprint density at radius 2 is 0.911 bits per heavy atom. The molecule has 0 bridgehead atoms. The number of allylic oxidation sites excluding steroid dienone is 4. The van der Waals surface area contributed by atoms with Gasteiger partial charge in [0.2, 0.25) is 0 Å². The third kappa shape index (κ3) is 3.86. The minimum Gasteiger partial charge on any atom is -0.310 e. The zero-order chi connectivity index (χ0) is 37.6. The van der Waals surface area contributed by atoms with Gasteiger partial charge in [-0.3, -0.25) is 0 Å². The van der Waals surface area contributed by atoms with Crippen molar-refractivity contribution in [2.45, 2.75) is 49.9 Å². The molecule has 1 spiro atoms. The summed E-state index contributed by atoms with van der Waals surface area (Å²) in [6, 6.07) is 58.1. The maximum atomic E-state index is 2.59. The quantitative estimate of drug-likeness (QED) is 0.176. The Labute approximate surface area is 330 Å². The van der Waals surface area contributed by atoms with E-state index >= 15 is 0 Å². The Hall–Kier alpha value is -6.18. The Bertz CT molecular complexity index is 2850. The first kappa shape index (κ1) is 32.1. The van der Waals surface area contributed by atoms with E-state index < -0.39 is 0 Å². The molecule has 0 aromatic heterocycles. The van der Waals surface area contributed by atoms with Crippen molar-refractivity contribution < 1.29 is 0 Å². The van der Waals surface area contributed by atoms with Crippen LogP contribution in [0.15, 0.2) is 176 Å². The number of anilines is 3. The van der Waals surface area contributed by atoms with E-state index in [4.69, 9.17) is 0 Å². The molecule has 0 aliphatic heterocycles. The van der Waals surface area contributed by atoms with Gasteiger partial charge in [-0.1, -0.05) is 173 Å². The van der Waals surface area contributed by atoms with Crippen LogP contribution in [-0.4, -0.2) is 0 Å². The molecule has 7 aromatic rings. The first-order chi connectivity index (χ1) is 27.3. The second-order valence-electron chi connectivity index (χ2n) is 17.6. The fraction of sp³-hybridized carbons (Fsp3) is 0.164. The summed E-state index contributed by atoms with van der Waals surface area (Å²) in [6.45, 7) is 9.55. The molecule has 5 aliphatic carbocycles. The van der Waals surface area contributed by atoms with E-state index in [1.54, 1.807) is 0 Å². The lowest BCUT2D eigenvalue weighted by Crippen LogP contribution is -2.33. The van der Waals surface area contributed by atoms with Crippen LogP contribution in [0.4, 0.5) is 17.1 Å². The molecule has 0 heterocycles. The molecule has 0 saturated carbocycles. The van der Waals surface area contributed by atoms with Crippen molar-refractivity contribution in [2.75, 3.05) is 4.90 Å². The Balaban J connectivity index is 1.15. The van der Waals surface area contributed by atoms with Crippen LogP contribution in [0.5, 0.6) is 0 Å². The molecule has 12 rings (SSSR count). The van der Waals surface area contributed by atoms with E-state index in [1.165, 1.54) is 95.0 Å². The van der Waals surface area contributed by atoms with Gasteiger partial charge in [0.1, 0.15) is 0 Å². The molecule has 1 heteroatoms. The molecule has 0 radical (unpaired) electrons. The van der Waals surface area contributed by atoms with E-state index in [-0.39, 0.29) is 22.2 Å². The molecule has 0 saturated heterocycles. The van der Waals surface area contributed by atoms with E-state index in [0.29, 0.717) is 5.92 Å². The smallest absolute Gasteiger partial charge is 0.0543 e. The number of nitrogens with zero attached hydrogens (tertiary/aromatic N) is 1. The molecular weight excluding hydrogens is 675 g/mol. The van der Waals surface area contributed by atoms with Crippen molar-refractivity contribution >= 4 is 17.1 Å². The van der Waals surface area contributed by atoms with Crippen molar-refractivity contribution in [2.24, 2.45) is 5.92 Å². The molecule has 268 valence electrons. The number of rotatable bonds is 3. The summed E-state index contributed by atoms with van der Waals surface area (Å²) in [5.41, 5.74) is 22.4. The predicted molar refractivity (Wildman–Crippen MR) is 233 cm³/mol. The van der Waals surface area contributed by atoms with Gasteiger partial charge in [-0.2, -0.15) is 0 Å². The second kappa shape index (κ2) is 11.0. The molecular formula is C55H43N. The maximum absolute atomic E-state index is 2.59. The third-order valence-electron chi connectivity index (χ3n) is 14.4. The average Bonchev–Trinajstić information content (AvgIpc) is 3.87. The zero-order valence-corrected chi connectivity index (χ0v) is 32.3. The van der Waals surface area contributed by atoms with Gasteiger partial charge in [0.25, 0.3) is 0 Å². The van der Waals surface area contributed by atoms with Crippen molar-refractivity contribution in [3.8, 4) is 33.4 Å². The first-order valence-electron chi connectivity index (χ1n) is 20.3. The summed E-state index contributed by atoms with van der Waals surface area (Å²) in [4.78, 5) is 2.59. The highest BCUT2D eigenvalue weighted by Crippen LogP contribution is 2.66. The van der Waals surface area contributed by atoms with E-state index in [2.05, 4.69) is 209 Å². The van der Waals surface area contributed by atoms with Crippen LogP contribution in [-0.2, 0) is 16.2 Å². The van der Waals surface area contributed by atoms with Crippen LogP contribution in [0.3, 0.4) is 0 Å². The van der Waals surface area contributed by atoms with Crippen molar-refractivity contribution in [3.05, 3.63) is 220 Å². The Morgan fingerprint density at radius 1 is 0.411 bits per heavy atom. The van der Waals surface area contributed by atoms with Gasteiger partial charge in [0, 0.05) is 39.6 Å². The highest BCUT2D eigenvalue weighted by molar-refractivity contribution is 5.96. The largest absolute Gasteiger partial charge is 0.310 e. The summed E-state index contributed by atoms with van der Waals surface area (Å²) in [7, 11) is 0. The van der Waals surface area contributed by atoms with Crippen molar-refractivity contribution in [3.63, 3.8) is 0 Å². The second-order valence-corrected chi connectivity index (χ2v) is 17.6. The lowest BCUT2D eigenvalue weighted by atomic mass is 9.65. The molecule has 0 amide bonds. The first-order valence-corrected chi connectivity index (χ1v) is 20.3. The van der Waals surface area contributed by atoms with Crippen LogP contribution in [0.1, 0.15) is 78.1 Å². The van der Waals surface area contributed by atoms with Crippen LogP contribution in [0.25, 0.3) is 33.4 Å². The Kier molecular flexibility index (Phi) is 6.30.